The summed E-state index contributed by atoms with van der Waals surface area (Å²) in [6.07, 6.45) is -5.60. The third-order valence-corrected chi connectivity index (χ3v) is 5.62. The van der Waals surface area contributed by atoms with Gasteiger partial charge in [0, 0.05) is 5.02 Å². The van der Waals surface area contributed by atoms with Crippen LogP contribution in [0.15, 0.2) is 36.4 Å². The Bertz CT molecular complexity index is 891. The molecule has 2 aromatic rings. The highest BCUT2D eigenvalue weighted by Crippen LogP contribution is 2.47. The Morgan fingerprint density at radius 2 is 1.83 bits per heavy atom. The van der Waals surface area contributed by atoms with Crippen molar-refractivity contribution in [2.45, 2.75) is 36.6 Å². The van der Waals surface area contributed by atoms with E-state index in [0.717, 1.165) is 5.56 Å². The number of hydrogen-bond donors (Lipinski definition) is 4. The van der Waals surface area contributed by atoms with Gasteiger partial charge in [0.2, 0.25) is 5.79 Å². The van der Waals surface area contributed by atoms with Crippen molar-refractivity contribution in [3.05, 3.63) is 63.9 Å². The molecule has 2 heterocycles. The predicted octanol–water partition coefficient (Wildman–Crippen LogP) is 1.06. The van der Waals surface area contributed by atoms with Crippen LogP contribution in [0.2, 0.25) is 5.02 Å². The zero-order chi connectivity index (χ0) is 20.8. The molecule has 2 aromatic carbocycles. The van der Waals surface area contributed by atoms with E-state index in [1.807, 2.05) is 0 Å². The summed E-state index contributed by atoms with van der Waals surface area (Å²) in [6, 6.07) is 9.09. The van der Waals surface area contributed by atoms with Gasteiger partial charge in [-0.2, -0.15) is 0 Å². The Hall–Kier alpha value is -1.78. The van der Waals surface area contributed by atoms with Gasteiger partial charge in [-0.1, -0.05) is 23.7 Å². The molecule has 1 saturated heterocycles. The molecule has 29 heavy (non-hydrogen) atoms. The minimum atomic E-state index is -1.86. The van der Waals surface area contributed by atoms with Crippen LogP contribution in [0, 0.1) is 5.82 Å². The number of fused-ring (bicyclic) bond motifs is 2. The van der Waals surface area contributed by atoms with E-state index in [0.29, 0.717) is 17.0 Å². The van der Waals surface area contributed by atoms with Gasteiger partial charge in [0.1, 0.15) is 36.0 Å². The maximum absolute atomic E-state index is 13.2. The van der Waals surface area contributed by atoms with Gasteiger partial charge >= 0.3 is 0 Å². The highest BCUT2D eigenvalue weighted by atomic mass is 35.5. The lowest BCUT2D eigenvalue weighted by atomic mass is 9.86. The number of aliphatic hydroxyl groups is 4. The molecule has 0 amide bonds. The molecule has 4 N–H and O–H groups in total. The molecule has 0 radical (unpaired) electrons. The van der Waals surface area contributed by atoms with Crippen LogP contribution < -0.4 is 4.74 Å². The Balaban J connectivity index is 1.77. The zero-order valence-electron chi connectivity index (χ0n) is 15.2. The highest BCUT2D eigenvalue weighted by Gasteiger charge is 2.58. The Kier molecular flexibility index (Phi) is 5.52. The number of benzene rings is 2. The second-order valence-electron chi connectivity index (χ2n) is 7.08. The molecule has 2 aliphatic rings. The summed E-state index contributed by atoms with van der Waals surface area (Å²) >= 11 is 6.39. The largest absolute Gasteiger partial charge is 0.467 e. The molecule has 0 bridgehead atoms. The van der Waals surface area contributed by atoms with Gasteiger partial charge in [-0.15, -0.1) is 0 Å². The van der Waals surface area contributed by atoms with Gasteiger partial charge in [0.25, 0.3) is 0 Å². The summed E-state index contributed by atoms with van der Waals surface area (Å²) in [5, 5.41) is 41.0. The fraction of sp³-hybridized carbons (Fsp3) is 0.400. The second kappa shape index (κ2) is 7.81. The van der Waals surface area contributed by atoms with E-state index >= 15 is 0 Å². The van der Waals surface area contributed by atoms with Crippen LogP contribution in [-0.2, 0) is 21.7 Å². The van der Waals surface area contributed by atoms with Gasteiger partial charge < -0.3 is 34.6 Å². The number of hydrogen-bond acceptors (Lipinski definition) is 7. The summed E-state index contributed by atoms with van der Waals surface area (Å²) in [5.41, 5.74) is 1.69. The van der Waals surface area contributed by atoms with Crippen molar-refractivity contribution in [3.8, 4) is 5.75 Å². The van der Waals surface area contributed by atoms with Gasteiger partial charge in [0.15, 0.2) is 6.79 Å². The summed E-state index contributed by atoms with van der Waals surface area (Å²) < 4.78 is 30.0. The van der Waals surface area contributed by atoms with Crippen LogP contribution in [0.25, 0.3) is 0 Å². The van der Waals surface area contributed by atoms with E-state index < -0.39 is 36.8 Å². The van der Waals surface area contributed by atoms with Crippen LogP contribution in [0.3, 0.4) is 0 Å². The van der Waals surface area contributed by atoms with Crippen LogP contribution in [-0.4, -0.2) is 58.2 Å². The fourth-order valence-corrected chi connectivity index (χ4v) is 3.91. The molecule has 2 aliphatic heterocycles. The van der Waals surface area contributed by atoms with Gasteiger partial charge in [-0.25, -0.2) is 4.39 Å². The molecule has 0 aromatic heterocycles. The molecule has 1 spiro atoms. The lowest BCUT2D eigenvalue weighted by Gasteiger charge is -2.49. The second-order valence-corrected chi connectivity index (χ2v) is 7.49. The summed E-state index contributed by atoms with van der Waals surface area (Å²) in [6.45, 7) is -0.888. The van der Waals surface area contributed by atoms with Gasteiger partial charge in [0.05, 0.1) is 12.2 Å². The number of rotatable bonds is 3. The SMILES string of the molecule is OC[C@H]1O[C@]2(OCOc3cc(Cl)c(Cc4ccc(F)cc4)cc32)[C@H](O)[C@@H](O)[C@@H]1O. The lowest BCUT2D eigenvalue weighted by Crippen LogP contribution is -2.65. The quantitative estimate of drug-likeness (QED) is 0.581. The molecule has 1 fully saturated rings. The smallest absolute Gasteiger partial charge is 0.231 e. The minimum Gasteiger partial charge on any atom is -0.467 e. The maximum Gasteiger partial charge on any atom is 0.231 e. The fourth-order valence-electron chi connectivity index (χ4n) is 3.69. The first-order valence-corrected chi connectivity index (χ1v) is 9.40. The van der Waals surface area contributed by atoms with Crippen LogP contribution in [0.5, 0.6) is 5.75 Å². The standard InChI is InChI=1S/C20H20ClFO7/c21-14-7-15-13(6-11(14)5-10-1-3-12(22)4-2-10)20(28-9-27-15)19(26)18(25)17(24)16(8-23)29-20/h1-4,6-7,16-19,23-26H,5,8-9H2/t16-,17-,18+,19-,20+/m1/s1. The molecular weight excluding hydrogens is 407 g/mol. The molecule has 9 heteroatoms. The first-order chi connectivity index (χ1) is 13.9. The molecule has 7 nitrogen and oxygen atoms in total. The van der Waals surface area contributed by atoms with E-state index in [-0.39, 0.29) is 23.9 Å². The molecule has 0 unspecified atom stereocenters. The van der Waals surface area contributed by atoms with Crippen LogP contribution >= 0.6 is 11.6 Å². The zero-order valence-corrected chi connectivity index (χ0v) is 15.9. The third kappa shape index (κ3) is 3.51. The van der Waals surface area contributed by atoms with E-state index in [1.165, 1.54) is 12.1 Å². The minimum absolute atomic E-state index is 0.266. The number of halogens is 2. The molecule has 5 atom stereocenters. The average molecular weight is 427 g/mol. The predicted molar refractivity (Wildman–Crippen MR) is 98.9 cm³/mol. The Morgan fingerprint density at radius 1 is 1.10 bits per heavy atom. The van der Waals surface area contributed by atoms with Crippen molar-refractivity contribution in [3.63, 3.8) is 0 Å². The van der Waals surface area contributed by atoms with E-state index in [9.17, 15) is 24.8 Å². The van der Waals surface area contributed by atoms with E-state index in [2.05, 4.69) is 0 Å². The van der Waals surface area contributed by atoms with Crippen LogP contribution in [0.1, 0.15) is 16.7 Å². The first-order valence-electron chi connectivity index (χ1n) is 9.02. The first kappa shape index (κ1) is 20.5. The summed E-state index contributed by atoms with van der Waals surface area (Å²) in [5.74, 6) is -1.93. The van der Waals surface area contributed by atoms with E-state index in [4.69, 9.17) is 25.8 Å². The van der Waals surface area contributed by atoms with E-state index in [1.54, 1.807) is 24.3 Å². The van der Waals surface area contributed by atoms with Crippen molar-refractivity contribution >= 4 is 11.6 Å². The molecule has 0 aliphatic carbocycles. The lowest BCUT2D eigenvalue weighted by molar-refractivity contribution is -0.389. The van der Waals surface area contributed by atoms with Gasteiger partial charge in [-0.3, -0.25) is 0 Å². The Labute approximate surface area is 170 Å². The topological polar surface area (TPSA) is 109 Å². The maximum atomic E-state index is 13.2. The van der Waals surface area contributed by atoms with Crippen molar-refractivity contribution in [2.24, 2.45) is 0 Å². The number of aliphatic hydroxyl groups excluding tert-OH is 4. The van der Waals surface area contributed by atoms with Crippen molar-refractivity contribution < 1.29 is 39.0 Å². The highest BCUT2D eigenvalue weighted by molar-refractivity contribution is 6.31. The van der Waals surface area contributed by atoms with Crippen molar-refractivity contribution in [1.29, 1.82) is 0 Å². The van der Waals surface area contributed by atoms with Crippen molar-refractivity contribution in [1.82, 2.24) is 0 Å². The molecule has 4 rings (SSSR count). The third-order valence-electron chi connectivity index (χ3n) is 5.27. The van der Waals surface area contributed by atoms with Crippen molar-refractivity contribution in [2.75, 3.05) is 13.4 Å². The monoisotopic (exact) mass is 426 g/mol. The molecule has 156 valence electrons. The van der Waals surface area contributed by atoms with Crippen LogP contribution in [0.4, 0.5) is 4.39 Å². The molecular formula is C20H20ClFO7. The van der Waals surface area contributed by atoms with Gasteiger partial charge in [-0.05, 0) is 41.8 Å². The number of ether oxygens (including phenoxy) is 3. The average Bonchev–Trinajstić information content (AvgIpc) is 2.72. The normalized spacial score (nSPS) is 31.4. The summed E-state index contributed by atoms with van der Waals surface area (Å²) in [4.78, 5) is 0. The Morgan fingerprint density at radius 3 is 2.52 bits per heavy atom. The summed E-state index contributed by atoms with van der Waals surface area (Å²) in [7, 11) is 0. The molecule has 0 saturated carbocycles.